The molecule has 0 fully saturated rings. The molecule has 4 nitrogen and oxygen atoms in total. The van der Waals surface area contributed by atoms with E-state index in [9.17, 15) is 4.39 Å². The summed E-state index contributed by atoms with van der Waals surface area (Å²) >= 11 is 12.0. The summed E-state index contributed by atoms with van der Waals surface area (Å²) in [5.41, 5.74) is 2.76. The van der Waals surface area contributed by atoms with Gasteiger partial charge in [-0.3, -0.25) is 0 Å². The first-order chi connectivity index (χ1) is 12.6. The van der Waals surface area contributed by atoms with Gasteiger partial charge in [0.2, 0.25) is 5.95 Å². The van der Waals surface area contributed by atoms with Crippen molar-refractivity contribution in [2.75, 3.05) is 19.0 Å². The van der Waals surface area contributed by atoms with Gasteiger partial charge in [0.1, 0.15) is 5.82 Å². The smallest absolute Gasteiger partial charge is 0.203 e. The number of aromatic nitrogens is 2. The van der Waals surface area contributed by atoms with Crippen LogP contribution in [0.15, 0.2) is 48.7 Å². The molecule has 0 saturated heterocycles. The molecular weight excluding hydrogens is 376 g/mol. The van der Waals surface area contributed by atoms with Gasteiger partial charge in [0.25, 0.3) is 0 Å². The molecule has 0 unspecified atom stereocenters. The Labute approximate surface area is 161 Å². The van der Waals surface area contributed by atoms with Gasteiger partial charge in [-0.05, 0) is 42.0 Å². The summed E-state index contributed by atoms with van der Waals surface area (Å²) in [6.45, 7) is 1.70. The van der Waals surface area contributed by atoms with E-state index < -0.39 is 0 Å². The van der Waals surface area contributed by atoms with Gasteiger partial charge >= 0.3 is 0 Å². The fraction of sp³-hybridized carbons (Fsp3) is 0.211. The Morgan fingerprint density at radius 2 is 1.88 bits per heavy atom. The molecular formula is C19H18Cl2FN3O. The summed E-state index contributed by atoms with van der Waals surface area (Å²) in [5, 5.41) is 4.35. The Hall–Kier alpha value is -2.08. The zero-order valence-electron chi connectivity index (χ0n) is 14.2. The summed E-state index contributed by atoms with van der Waals surface area (Å²) in [5.74, 6) is 0.433. The van der Waals surface area contributed by atoms with Gasteiger partial charge < -0.3 is 14.6 Å². The molecule has 0 saturated carbocycles. The molecule has 0 atom stereocenters. The fourth-order valence-corrected chi connectivity index (χ4v) is 2.93. The highest BCUT2D eigenvalue weighted by Gasteiger charge is 2.12. The maximum absolute atomic E-state index is 13.2. The highest BCUT2D eigenvalue weighted by molar-refractivity contribution is 6.42. The Morgan fingerprint density at radius 1 is 1.12 bits per heavy atom. The largest absolute Gasteiger partial charge is 0.383 e. The van der Waals surface area contributed by atoms with Crippen molar-refractivity contribution < 1.29 is 9.13 Å². The van der Waals surface area contributed by atoms with Crippen LogP contribution in [0.25, 0.3) is 11.3 Å². The van der Waals surface area contributed by atoms with Gasteiger partial charge in [-0.2, -0.15) is 0 Å². The van der Waals surface area contributed by atoms with E-state index in [1.807, 2.05) is 16.7 Å². The van der Waals surface area contributed by atoms with E-state index in [0.29, 0.717) is 35.7 Å². The number of hydrogen-bond acceptors (Lipinski definition) is 3. The number of ether oxygens (including phenoxy) is 1. The van der Waals surface area contributed by atoms with E-state index in [0.717, 1.165) is 16.8 Å². The lowest BCUT2D eigenvalue weighted by atomic mass is 10.1. The maximum atomic E-state index is 13.2. The molecule has 0 bridgehead atoms. The first-order valence-corrected chi connectivity index (χ1v) is 8.82. The van der Waals surface area contributed by atoms with Crippen molar-refractivity contribution in [2.45, 2.75) is 13.1 Å². The topological polar surface area (TPSA) is 39.1 Å². The maximum Gasteiger partial charge on any atom is 0.203 e. The SMILES string of the molecule is COCCn1c(-c2ccc(F)cc2)cnc1NCc1ccc(Cl)c(Cl)c1. The second kappa shape index (κ2) is 8.54. The quantitative estimate of drug-likeness (QED) is 0.595. The number of nitrogens with zero attached hydrogens (tertiary/aromatic N) is 2. The summed E-state index contributed by atoms with van der Waals surface area (Å²) < 4.78 is 20.4. The van der Waals surface area contributed by atoms with Gasteiger partial charge in [0, 0.05) is 25.8 Å². The Balaban J connectivity index is 1.83. The predicted molar refractivity (Wildman–Crippen MR) is 103 cm³/mol. The first kappa shape index (κ1) is 18.7. The number of methoxy groups -OCH3 is 1. The van der Waals surface area contributed by atoms with E-state index in [1.165, 1.54) is 12.1 Å². The van der Waals surface area contributed by atoms with Crippen LogP contribution in [-0.4, -0.2) is 23.3 Å². The minimum atomic E-state index is -0.269. The minimum absolute atomic E-state index is 0.269. The van der Waals surface area contributed by atoms with Crippen LogP contribution in [0.2, 0.25) is 10.0 Å². The molecule has 2 aromatic carbocycles. The van der Waals surface area contributed by atoms with Crippen LogP contribution in [0, 0.1) is 5.82 Å². The van der Waals surface area contributed by atoms with Crippen LogP contribution >= 0.6 is 23.2 Å². The van der Waals surface area contributed by atoms with Crippen molar-refractivity contribution >= 4 is 29.2 Å². The molecule has 0 amide bonds. The second-order valence-electron chi connectivity index (χ2n) is 5.72. The molecule has 26 heavy (non-hydrogen) atoms. The Kier molecular flexibility index (Phi) is 6.14. The third-order valence-corrected chi connectivity index (χ3v) is 4.69. The Morgan fingerprint density at radius 3 is 2.58 bits per heavy atom. The van der Waals surface area contributed by atoms with Crippen molar-refractivity contribution in [3.05, 3.63) is 70.1 Å². The third kappa shape index (κ3) is 4.36. The summed E-state index contributed by atoms with van der Waals surface area (Å²) in [6.07, 6.45) is 1.76. The van der Waals surface area contributed by atoms with Crippen molar-refractivity contribution in [1.82, 2.24) is 9.55 Å². The normalized spacial score (nSPS) is 10.9. The van der Waals surface area contributed by atoms with Crippen LogP contribution < -0.4 is 5.32 Å². The van der Waals surface area contributed by atoms with Crippen LogP contribution in [0.1, 0.15) is 5.56 Å². The molecule has 0 radical (unpaired) electrons. The molecule has 1 N–H and O–H groups in total. The lowest BCUT2D eigenvalue weighted by molar-refractivity contribution is 0.188. The number of benzene rings is 2. The van der Waals surface area contributed by atoms with Crippen LogP contribution in [0.5, 0.6) is 0 Å². The summed E-state index contributed by atoms with van der Waals surface area (Å²) in [6, 6.07) is 11.8. The van der Waals surface area contributed by atoms with E-state index in [2.05, 4.69) is 10.3 Å². The first-order valence-electron chi connectivity index (χ1n) is 8.06. The van der Waals surface area contributed by atoms with Gasteiger partial charge in [-0.25, -0.2) is 9.37 Å². The predicted octanol–water partition coefficient (Wildman–Crippen LogP) is 5.25. The zero-order chi connectivity index (χ0) is 18.5. The van der Waals surface area contributed by atoms with Crippen LogP contribution in [-0.2, 0) is 17.8 Å². The third-order valence-electron chi connectivity index (χ3n) is 3.95. The van der Waals surface area contributed by atoms with Crippen molar-refractivity contribution in [1.29, 1.82) is 0 Å². The van der Waals surface area contributed by atoms with Crippen molar-refractivity contribution in [3.63, 3.8) is 0 Å². The zero-order valence-corrected chi connectivity index (χ0v) is 15.7. The van der Waals surface area contributed by atoms with Crippen molar-refractivity contribution in [3.8, 4) is 11.3 Å². The van der Waals surface area contributed by atoms with Gasteiger partial charge in [-0.15, -0.1) is 0 Å². The number of rotatable bonds is 7. The summed E-state index contributed by atoms with van der Waals surface area (Å²) in [4.78, 5) is 4.47. The van der Waals surface area contributed by atoms with E-state index in [1.54, 1.807) is 31.5 Å². The van der Waals surface area contributed by atoms with E-state index in [-0.39, 0.29) is 5.82 Å². The molecule has 0 aliphatic carbocycles. The number of anilines is 1. The van der Waals surface area contributed by atoms with Gasteiger partial charge in [0.15, 0.2) is 0 Å². The standard InChI is InChI=1S/C19H18Cl2FN3O/c1-26-9-8-25-18(14-3-5-15(22)6-4-14)12-24-19(25)23-11-13-2-7-16(20)17(21)10-13/h2-7,10,12H,8-9,11H2,1H3,(H,23,24). The van der Waals surface area contributed by atoms with Gasteiger partial charge in [-0.1, -0.05) is 29.3 Å². The van der Waals surface area contributed by atoms with E-state index >= 15 is 0 Å². The molecule has 0 aliphatic heterocycles. The molecule has 7 heteroatoms. The number of imidazole rings is 1. The lowest BCUT2D eigenvalue weighted by Gasteiger charge is -2.13. The monoisotopic (exact) mass is 393 g/mol. The molecule has 1 aromatic heterocycles. The lowest BCUT2D eigenvalue weighted by Crippen LogP contribution is -2.11. The minimum Gasteiger partial charge on any atom is -0.383 e. The van der Waals surface area contributed by atoms with E-state index in [4.69, 9.17) is 27.9 Å². The molecule has 0 spiro atoms. The van der Waals surface area contributed by atoms with Crippen LogP contribution in [0.3, 0.4) is 0 Å². The highest BCUT2D eigenvalue weighted by Crippen LogP contribution is 2.25. The molecule has 1 heterocycles. The average Bonchev–Trinajstić information content (AvgIpc) is 3.04. The van der Waals surface area contributed by atoms with Crippen molar-refractivity contribution in [2.24, 2.45) is 0 Å². The highest BCUT2D eigenvalue weighted by atomic mass is 35.5. The Bertz CT molecular complexity index is 881. The average molecular weight is 394 g/mol. The van der Waals surface area contributed by atoms with Gasteiger partial charge in [0.05, 0.1) is 28.5 Å². The fourth-order valence-electron chi connectivity index (χ4n) is 2.61. The molecule has 136 valence electrons. The van der Waals surface area contributed by atoms with Crippen LogP contribution in [0.4, 0.5) is 10.3 Å². The number of halogens is 3. The molecule has 3 aromatic rings. The second-order valence-corrected chi connectivity index (χ2v) is 6.53. The summed E-state index contributed by atoms with van der Waals surface area (Å²) in [7, 11) is 1.65. The number of hydrogen-bond donors (Lipinski definition) is 1. The molecule has 3 rings (SSSR count). The number of nitrogens with one attached hydrogen (secondary N) is 1. The molecule has 0 aliphatic rings.